The van der Waals surface area contributed by atoms with E-state index in [2.05, 4.69) is 29.2 Å². The largest absolute Gasteiger partial charge is 0.311 e. The monoisotopic (exact) mass is 274 g/mol. The molecule has 1 aliphatic carbocycles. The Bertz CT molecular complexity index is 651. The lowest BCUT2D eigenvalue weighted by atomic mass is 9.83. The van der Waals surface area contributed by atoms with Gasteiger partial charge in [0.05, 0.1) is 0 Å². The minimum Gasteiger partial charge on any atom is -0.311 e. The zero-order valence-electron chi connectivity index (χ0n) is 10.6. The maximum atomic E-state index is 11.9. The van der Waals surface area contributed by atoms with Crippen molar-refractivity contribution in [3.8, 4) is 0 Å². The second kappa shape index (κ2) is 5.17. The fourth-order valence-electron chi connectivity index (χ4n) is 2.85. The normalized spacial score (nSPS) is 18.1. The third-order valence-corrected chi connectivity index (χ3v) is 4.04. The van der Waals surface area contributed by atoms with Crippen molar-refractivity contribution < 1.29 is 0 Å². The van der Waals surface area contributed by atoms with Crippen LogP contribution in [0.1, 0.15) is 29.9 Å². The molecule has 1 aromatic carbocycles. The Hall–Kier alpha value is -1.61. The number of hydrogen-bond acceptors (Lipinski definition) is 2. The summed E-state index contributed by atoms with van der Waals surface area (Å²) < 4.78 is 1.67. The summed E-state index contributed by atoms with van der Waals surface area (Å²) in [7, 11) is 0. The smallest absolute Gasteiger partial charge is 0.288 e. The second-order valence-electron chi connectivity index (χ2n) is 4.96. The summed E-state index contributed by atoms with van der Waals surface area (Å²) in [5.41, 5.74) is 2.58. The van der Waals surface area contributed by atoms with Gasteiger partial charge in [0.2, 0.25) is 0 Å². The molecular formula is C15H15ClN2O. The molecule has 0 spiro atoms. The first kappa shape index (κ1) is 12.4. The van der Waals surface area contributed by atoms with Crippen LogP contribution >= 0.6 is 11.6 Å². The molecule has 1 unspecified atom stereocenters. The van der Waals surface area contributed by atoms with Crippen LogP contribution in [0.25, 0.3) is 0 Å². The third-order valence-electron chi connectivity index (χ3n) is 3.78. The molecule has 1 atom stereocenters. The molecule has 1 aliphatic rings. The van der Waals surface area contributed by atoms with E-state index in [0.29, 0.717) is 12.5 Å². The molecule has 0 bridgehead atoms. The summed E-state index contributed by atoms with van der Waals surface area (Å²) in [6.45, 7) is 0.679. The number of nitrogens with zero attached hydrogens (tertiary/aromatic N) is 2. The van der Waals surface area contributed by atoms with Gasteiger partial charge >= 0.3 is 0 Å². The van der Waals surface area contributed by atoms with E-state index in [9.17, 15) is 4.79 Å². The molecule has 0 N–H and O–H groups in total. The van der Waals surface area contributed by atoms with E-state index in [-0.39, 0.29) is 10.7 Å². The van der Waals surface area contributed by atoms with Gasteiger partial charge in [-0.1, -0.05) is 35.9 Å². The van der Waals surface area contributed by atoms with Gasteiger partial charge in [0, 0.05) is 24.9 Å². The van der Waals surface area contributed by atoms with Crippen LogP contribution in [-0.4, -0.2) is 9.55 Å². The van der Waals surface area contributed by atoms with Crippen LogP contribution in [0.2, 0.25) is 5.15 Å². The van der Waals surface area contributed by atoms with E-state index in [1.54, 1.807) is 17.0 Å². The third kappa shape index (κ3) is 2.43. The molecular weight excluding hydrogens is 260 g/mol. The van der Waals surface area contributed by atoms with E-state index < -0.39 is 0 Å². The molecule has 4 heteroatoms. The number of hydrogen-bond donors (Lipinski definition) is 0. The van der Waals surface area contributed by atoms with Crippen LogP contribution in [0.15, 0.2) is 41.5 Å². The molecule has 3 nitrogen and oxygen atoms in total. The number of rotatable bonds is 2. The van der Waals surface area contributed by atoms with Crippen molar-refractivity contribution in [2.75, 3.05) is 0 Å². The lowest BCUT2D eigenvalue weighted by Crippen LogP contribution is -2.25. The zero-order valence-corrected chi connectivity index (χ0v) is 11.3. The van der Waals surface area contributed by atoms with Crippen LogP contribution in [-0.2, 0) is 13.0 Å². The van der Waals surface area contributed by atoms with Crippen LogP contribution < -0.4 is 5.56 Å². The van der Waals surface area contributed by atoms with Crippen molar-refractivity contribution in [3.05, 3.63) is 63.3 Å². The maximum absolute atomic E-state index is 11.9. The fourth-order valence-corrected chi connectivity index (χ4v) is 3.01. The van der Waals surface area contributed by atoms with Gasteiger partial charge in [-0.05, 0) is 30.4 Å². The highest BCUT2D eigenvalue weighted by atomic mass is 35.5. The summed E-state index contributed by atoms with van der Waals surface area (Å²) in [4.78, 5) is 15.7. The number of aromatic nitrogens is 2. The highest BCUT2D eigenvalue weighted by Gasteiger charge is 2.20. The molecule has 0 fully saturated rings. The first-order valence-electron chi connectivity index (χ1n) is 6.54. The first-order valence-corrected chi connectivity index (χ1v) is 6.92. The van der Waals surface area contributed by atoms with Gasteiger partial charge in [0.15, 0.2) is 5.15 Å². The van der Waals surface area contributed by atoms with Crippen LogP contribution in [0, 0.1) is 0 Å². The van der Waals surface area contributed by atoms with E-state index in [4.69, 9.17) is 11.6 Å². The van der Waals surface area contributed by atoms with Crippen molar-refractivity contribution in [3.63, 3.8) is 0 Å². The molecule has 2 aromatic rings. The van der Waals surface area contributed by atoms with Crippen LogP contribution in [0.5, 0.6) is 0 Å². The molecule has 0 saturated carbocycles. The molecule has 0 radical (unpaired) electrons. The minimum absolute atomic E-state index is 0.0478. The fraction of sp³-hybridized carbons (Fsp3) is 0.333. The Kier molecular flexibility index (Phi) is 3.38. The average Bonchev–Trinajstić information content (AvgIpc) is 2.44. The molecule has 3 rings (SSSR count). The number of benzene rings is 1. The highest BCUT2D eigenvalue weighted by molar-refractivity contribution is 6.29. The van der Waals surface area contributed by atoms with Crippen molar-refractivity contribution in [1.29, 1.82) is 0 Å². The zero-order chi connectivity index (χ0) is 13.2. The molecule has 98 valence electrons. The first-order chi connectivity index (χ1) is 9.25. The van der Waals surface area contributed by atoms with Crippen LogP contribution in [0.4, 0.5) is 0 Å². The number of fused-ring (bicyclic) bond motifs is 1. The van der Waals surface area contributed by atoms with Crippen molar-refractivity contribution >= 4 is 11.6 Å². The Labute approximate surface area is 116 Å². The number of halogens is 1. The van der Waals surface area contributed by atoms with Gasteiger partial charge in [-0.25, -0.2) is 4.98 Å². The van der Waals surface area contributed by atoms with E-state index in [0.717, 1.165) is 12.8 Å². The lowest BCUT2D eigenvalue weighted by Gasteiger charge is -2.26. The standard InChI is InChI=1S/C15H15ClN2O/c16-14-15(19)18(9-8-17-14)10-12-6-3-5-11-4-1-2-7-13(11)12/h1-2,4,7-9,12H,3,5-6,10H2. The van der Waals surface area contributed by atoms with Gasteiger partial charge in [-0.2, -0.15) is 0 Å². The Morgan fingerprint density at radius 3 is 3.11 bits per heavy atom. The van der Waals surface area contributed by atoms with Crippen molar-refractivity contribution in [1.82, 2.24) is 9.55 Å². The Morgan fingerprint density at radius 2 is 2.21 bits per heavy atom. The van der Waals surface area contributed by atoms with E-state index in [1.807, 2.05) is 0 Å². The molecule has 0 saturated heterocycles. The minimum atomic E-state index is -0.202. The van der Waals surface area contributed by atoms with E-state index >= 15 is 0 Å². The predicted molar refractivity (Wildman–Crippen MR) is 75.6 cm³/mol. The summed E-state index contributed by atoms with van der Waals surface area (Å²) in [5.74, 6) is 0.390. The maximum Gasteiger partial charge on any atom is 0.288 e. The van der Waals surface area contributed by atoms with Crippen LogP contribution in [0.3, 0.4) is 0 Å². The summed E-state index contributed by atoms with van der Waals surface area (Å²) >= 11 is 5.79. The number of aryl methyl sites for hydroxylation is 1. The molecule has 19 heavy (non-hydrogen) atoms. The summed E-state index contributed by atoms with van der Waals surface area (Å²) in [6.07, 6.45) is 6.72. The van der Waals surface area contributed by atoms with Gasteiger partial charge in [-0.15, -0.1) is 0 Å². The molecule has 1 heterocycles. The van der Waals surface area contributed by atoms with E-state index in [1.165, 1.54) is 17.5 Å². The predicted octanol–water partition coefficient (Wildman–Crippen LogP) is 3.02. The molecule has 0 aliphatic heterocycles. The lowest BCUT2D eigenvalue weighted by molar-refractivity contribution is 0.474. The quantitative estimate of drug-likeness (QED) is 0.844. The topological polar surface area (TPSA) is 34.9 Å². The highest BCUT2D eigenvalue weighted by Crippen LogP contribution is 2.32. The SMILES string of the molecule is O=c1c(Cl)nccn1CC1CCCc2ccccc21. The van der Waals surface area contributed by atoms with Gasteiger partial charge < -0.3 is 4.57 Å². The van der Waals surface area contributed by atoms with Gasteiger partial charge in [-0.3, -0.25) is 4.79 Å². The van der Waals surface area contributed by atoms with Crippen molar-refractivity contribution in [2.45, 2.75) is 31.7 Å². The molecule has 0 amide bonds. The average molecular weight is 275 g/mol. The Morgan fingerprint density at radius 1 is 1.37 bits per heavy atom. The summed E-state index contributed by atoms with van der Waals surface area (Å²) in [5, 5.41) is 0.0478. The second-order valence-corrected chi connectivity index (χ2v) is 5.32. The van der Waals surface area contributed by atoms with Gasteiger partial charge in [0.25, 0.3) is 5.56 Å². The van der Waals surface area contributed by atoms with Crippen molar-refractivity contribution in [2.24, 2.45) is 0 Å². The van der Waals surface area contributed by atoms with Gasteiger partial charge in [0.1, 0.15) is 0 Å². The summed E-state index contributed by atoms with van der Waals surface area (Å²) in [6, 6.07) is 8.51. The molecule has 1 aromatic heterocycles. The Balaban J connectivity index is 1.93.